The summed E-state index contributed by atoms with van der Waals surface area (Å²) in [7, 11) is -12.5. The number of aromatic hydroxyl groups is 4. The Morgan fingerprint density at radius 2 is 0.740 bits per heavy atom. The van der Waals surface area contributed by atoms with E-state index >= 15 is 0 Å². The molecule has 0 saturated carbocycles. The van der Waals surface area contributed by atoms with Gasteiger partial charge in [0.25, 0.3) is 11.1 Å². The van der Waals surface area contributed by atoms with Crippen LogP contribution >= 0.6 is 44.4 Å². The molecular weight excluding hydrogens is 1980 g/mol. The van der Waals surface area contributed by atoms with Crippen LogP contribution in [0.1, 0.15) is 43.0 Å². The Hall–Kier alpha value is -19.1. The minimum Gasteiger partial charge on any atom is -0.507 e. The molecule has 0 unspecified atom stereocenters. The Balaban J connectivity index is 0.000000168. The van der Waals surface area contributed by atoms with E-state index in [2.05, 4.69) is 95.5 Å². The maximum Gasteiger partial charge on any atom is 0.511 e. The number of carboxylic acid groups (broad SMARTS) is 4. The van der Waals surface area contributed by atoms with Gasteiger partial charge >= 0.3 is 24.2 Å². The zero-order valence-electron chi connectivity index (χ0n) is 74.3. The third kappa shape index (κ3) is 23.8. The van der Waals surface area contributed by atoms with Crippen molar-refractivity contribution in [3.8, 4) is 58.3 Å². The Morgan fingerprint density at radius 3 is 1.14 bits per heavy atom. The minimum absolute atomic E-state index is 0.00783. The van der Waals surface area contributed by atoms with Crippen molar-refractivity contribution < 1.29 is 110 Å². The number of pyridine rings is 5. The van der Waals surface area contributed by atoms with E-state index < -0.39 is 96.1 Å². The summed E-state index contributed by atoms with van der Waals surface area (Å²) >= 11 is 5.30. The molecule has 19 N–H and O–H groups in total. The molecule has 0 radical (unpaired) electrons. The van der Waals surface area contributed by atoms with Gasteiger partial charge in [-0.05, 0) is 261 Å². The monoisotopic (exact) mass is 2050 g/mol. The first-order valence-corrected chi connectivity index (χ1v) is 46.1. The summed E-state index contributed by atoms with van der Waals surface area (Å²) < 4.78 is 102. The van der Waals surface area contributed by atoms with E-state index in [1.807, 2.05) is 24.3 Å². The second kappa shape index (κ2) is 44.2. The standard InChI is InChI=1S/C39H29N9O11S2.C24H18N4O8S.C16H10ClN5O3.C16H12N4O3/c1-20-29(19-40)37(50)48(25-10-5-21(6-11-25)39(52)53)38(51)33(20)46-43-24-7-4-22-17-32(61(57,58)59)35(36(49)28(22)18-24)47-45-31-15-14-30(27-3-2-16-41-34(27)31)44-42-23-8-12-26(13-9-23)60(54,55)56;1-12-19(11-25)22(30)28(16-6-3-13(4-7-16)24(32)33)23(31)21(12)27-26-15-5-2-14-8-17(37(34,35)36)10-20(29)18(14)9-15;17-22-21-14-8-7-13(12-2-1-9-18-15(12)14)20-19-10-3-5-11(6-4-10)25-16(23)24;17-13-7-8-14(12-2-1-9-18-15(12)13)20-19-10-3-5-11(6-4-10)23-16(21)22/h2-18,49-50,54-59H,1H3,(H,52,53);2-10,29-30,34-36H,1H3,(H,32,33);1-9H,(H,23,24);1-9H,17H2,(H,21,22). The van der Waals surface area contributed by atoms with Gasteiger partial charge < -0.3 is 97.0 Å². The van der Waals surface area contributed by atoms with E-state index in [1.54, 1.807) is 85.2 Å². The van der Waals surface area contributed by atoms with E-state index in [1.165, 1.54) is 178 Å². The number of benzene rings is 12. The summed E-state index contributed by atoms with van der Waals surface area (Å²) in [4.78, 5) is 82.2. The van der Waals surface area contributed by atoms with Gasteiger partial charge in [-0.1, -0.05) is 16.8 Å². The number of phenolic OH excluding ortho intramolecular Hbond substituents is 2. The third-order valence-electron chi connectivity index (χ3n) is 20.9. The number of nitrogens with zero attached hydrogens (tertiary/aromatic N) is 21. The number of carbonyl (C=O) groups is 4. The van der Waals surface area contributed by atoms with E-state index in [-0.39, 0.29) is 122 Å². The lowest BCUT2D eigenvalue weighted by Crippen LogP contribution is -2.20. The number of aromatic carboxylic acids is 2. The van der Waals surface area contributed by atoms with Gasteiger partial charge in [0, 0.05) is 56.6 Å². The fourth-order valence-corrected chi connectivity index (χ4v) is 15.7. The van der Waals surface area contributed by atoms with Crippen LogP contribution in [0.4, 0.5) is 89.2 Å². The number of hydrogen-bond acceptors (Lipinski definition) is 41. The van der Waals surface area contributed by atoms with E-state index in [9.17, 15) is 106 Å². The van der Waals surface area contributed by atoms with Gasteiger partial charge in [-0.15, -0.1) is 40.9 Å². The minimum atomic E-state index is -4.51. The molecule has 0 spiro atoms. The Bertz CT molecular complexity index is 8520. The van der Waals surface area contributed by atoms with Crippen LogP contribution in [0.5, 0.6) is 34.8 Å². The van der Waals surface area contributed by atoms with Gasteiger partial charge in [0.2, 0.25) is 11.8 Å². The molecule has 0 bridgehead atoms. The van der Waals surface area contributed by atoms with Gasteiger partial charge in [0.15, 0.2) is 17.1 Å². The second-order valence-corrected chi connectivity index (χ2v) is 34.8. The number of azo groups is 6. The first-order valence-electron chi connectivity index (χ1n) is 41.2. The molecule has 0 amide bonds. The van der Waals surface area contributed by atoms with Gasteiger partial charge in [0.05, 0.1) is 117 Å². The van der Waals surface area contributed by atoms with E-state index in [0.29, 0.717) is 67.3 Å². The molecular formula is C95H69ClN22O25S3. The number of halogens is 1. The Morgan fingerprint density at radius 1 is 0.377 bits per heavy atom. The molecule has 5 aromatic heterocycles. The van der Waals surface area contributed by atoms with Gasteiger partial charge in [-0.25, -0.2) is 28.3 Å². The fourth-order valence-electron chi connectivity index (χ4n) is 13.9. The van der Waals surface area contributed by atoms with Crippen LogP contribution in [-0.2, 0) is 0 Å². The predicted molar refractivity (Wildman–Crippen MR) is 534 cm³/mol. The lowest BCUT2D eigenvalue weighted by molar-refractivity contribution is 0.0686. The molecule has 17 aromatic rings. The van der Waals surface area contributed by atoms with Crippen molar-refractivity contribution in [1.29, 1.82) is 10.5 Å². The number of nitriles is 2. The van der Waals surface area contributed by atoms with Crippen molar-refractivity contribution in [2.24, 2.45) is 71.1 Å². The van der Waals surface area contributed by atoms with Gasteiger partial charge in [-0.2, -0.15) is 36.1 Å². The number of nitrogens with two attached hydrogens (primary N) is 1. The van der Waals surface area contributed by atoms with Crippen molar-refractivity contribution in [2.75, 3.05) is 5.73 Å². The number of phenols is 2. The molecule has 12 aromatic carbocycles. The summed E-state index contributed by atoms with van der Waals surface area (Å²) in [5.74, 6) is -4.33. The number of rotatable bonds is 22. The topological polar surface area (TPSA) is 760 Å². The summed E-state index contributed by atoms with van der Waals surface area (Å²) in [6, 6.07) is 64.0. The van der Waals surface area contributed by atoms with Crippen molar-refractivity contribution in [1.82, 2.24) is 24.1 Å². The number of ether oxygens (including phenoxy) is 2. The molecule has 0 aliphatic rings. The Kier molecular flexibility index (Phi) is 31.1. The maximum absolute atomic E-state index is 13.6. The molecule has 17 rings (SSSR count). The molecule has 51 heteroatoms. The lowest BCUT2D eigenvalue weighted by atomic mass is 10.1. The SMILES string of the molecule is Cc1c(C#N)c(O)n(-c2ccc(C(=O)O)cc2)c(=O)c1N=Nc1ccc2cc(S(O)(O)O)c(N=Nc3ccc(N=Nc4ccc(S(O)(O)O)cc4)c4cccnc34)c(O)c2c1.Cc1c(C#N)c(O)n(-c2ccc(C(=O)O)cc2)c(=O)c1N=Nc1ccc2cc(S(O)(O)O)cc(O)c2c1.Nc1ccc(N=Nc2ccc(OC(=O)O)cc2)c2cccnc12.O=C(O)Oc1ccc(N=Nc2ccc(N=NCl)c3ncccc23)cc1. The van der Waals surface area contributed by atoms with Crippen LogP contribution in [0.2, 0.25) is 0 Å². The smallest absolute Gasteiger partial charge is 0.507 e. The average molecular weight is 2050 g/mol. The molecule has 734 valence electrons. The lowest BCUT2D eigenvalue weighted by Gasteiger charge is -2.22. The summed E-state index contributed by atoms with van der Waals surface area (Å²) in [6.07, 6.45) is 2.04. The number of anilines is 1. The second-order valence-electron chi connectivity index (χ2n) is 30.1. The van der Waals surface area contributed by atoms with Crippen LogP contribution in [0.25, 0.3) is 65.6 Å². The molecule has 0 aliphatic heterocycles. The number of nitrogen functional groups attached to an aromatic ring is 1. The van der Waals surface area contributed by atoms with Crippen LogP contribution in [0.3, 0.4) is 0 Å². The molecule has 146 heavy (non-hydrogen) atoms. The fraction of sp³-hybridized carbons (Fsp3) is 0.0211. The number of aromatic nitrogens is 5. The van der Waals surface area contributed by atoms with Crippen molar-refractivity contribution >= 4 is 203 Å². The largest absolute Gasteiger partial charge is 0.511 e. The first kappa shape index (κ1) is 103. The van der Waals surface area contributed by atoms with Crippen molar-refractivity contribution in [2.45, 2.75) is 28.5 Å². The molecule has 47 nitrogen and oxygen atoms in total. The van der Waals surface area contributed by atoms with Crippen LogP contribution in [0.15, 0.2) is 363 Å². The summed E-state index contributed by atoms with van der Waals surface area (Å²) in [5.41, 5.74) is 8.67. The van der Waals surface area contributed by atoms with Crippen LogP contribution in [-0.4, -0.2) is 130 Å². The van der Waals surface area contributed by atoms with E-state index in [0.717, 1.165) is 26.0 Å². The van der Waals surface area contributed by atoms with Crippen molar-refractivity contribution in [3.05, 3.63) is 321 Å². The normalized spacial score (nSPS) is 12.1. The molecule has 0 aliphatic carbocycles. The zero-order chi connectivity index (χ0) is 105. The van der Waals surface area contributed by atoms with E-state index in [4.69, 9.17) is 32.8 Å². The molecule has 5 heterocycles. The highest BCUT2D eigenvalue weighted by molar-refractivity contribution is 8.20. The summed E-state index contributed by atoms with van der Waals surface area (Å²) in [5, 5.41) is 154. The average Bonchev–Trinajstić information content (AvgIpc) is 0.762. The molecule has 0 saturated heterocycles. The highest BCUT2D eigenvalue weighted by Crippen LogP contribution is 2.56. The van der Waals surface area contributed by atoms with Crippen LogP contribution < -0.4 is 26.3 Å². The summed E-state index contributed by atoms with van der Waals surface area (Å²) in [6.45, 7) is 2.79. The van der Waals surface area contributed by atoms with Gasteiger partial charge in [-0.3, -0.25) is 24.5 Å². The van der Waals surface area contributed by atoms with Crippen molar-refractivity contribution in [3.63, 3.8) is 0 Å². The van der Waals surface area contributed by atoms with Gasteiger partial charge in [0.1, 0.15) is 90.2 Å². The third-order valence-corrected chi connectivity index (χ3v) is 23.6. The van der Waals surface area contributed by atoms with Crippen LogP contribution in [0, 0.1) is 36.5 Å². The highest BCUT2D eigenvalue weighted by atomic mass is 35.5. The molecule has 0 fully saturated rings. The quantitative estimate of drug-likeness (QED) is 0.0130. The Labute approximate surface area is 827 Å². The number of carboxylic acids is 2. The molecule has 0 atom stereocenters. The highest BCUT2D eigenvalue weighted by Gasteiger charge is 2.29. The number of hydrogen-bond donors (Lipinski definition) is 18. The maximum atomic E-state index is 13.6. The zero-order valence-corrected chi connectivity index (χ0v) is 77.5. The first-order chi connectivity index (χ1) is 69.7. The predicted octanol–water partition coefficient (Wildman–Crippen LogP) is 26.8. The number of fused-ring (bicyclic) bond motifs is 5.